The van der Waals surface area contributed by atoms with Gasteiger partial charge in [0.15, 0.2) is 0 Å². The van der Waals surface area contributed by atoms with Crippen LogP contribution in [0, 0.1) is 0 Å². The number of carbonyl (C=O) groups excluding carboxylic acids is 1. The van der Waals surface area contributed by atoms with Crippen molar-refractivity contribution in [2.45, 2.75) is 30.1 Å². The van der Waals surface area contributed by atoms with Crippen LogP contribution < -0.4 is 0 Å². The number of rotatable bonds is 7. The van der Waals surface area contributed by atoms with Gasteiger partial charge in [0.1, 0.15) is 5.41 Å². The first kappa shape index (κ1) is 7.42. The molecule has 1 aliphatic rings. The zero-order valence-electron chi connectivity index (χ0n) is 44.9. The molecule has 0 atom stereocenters. The van der Waals surface area contributed by atoms with E-state index in [1.807, 2.05) is 0 Å². The van der Waals surface area contributed by atoms with E-state index in [4.69, 9.17) is 44.5 Å². The van der Waals surface area contributed by atoms with E-state index < -0.39 is 156 Å². The van der Waals surface area contributed by atoms with Crippen LogP contribution in [0.4, 0.5) is 0 Å². The van der Waals surface area contributed by atoms with Gasteiger partial charge in [-0.25, -0.2) is 0 Å². The van der Waals surface area contributed by atoms with Crippen LogP contribution in [0.15, 0.2) is 84.7 Å². The Hall–Kier alpha value is -2.66. The first-order valence-corrected chi connectivity index (χ1v) is 9.66. The summed E-state index contributed by atoms with van der Waals surface area (Å²) in [6, 6.07) is -13.1. The SMILES string of the molecule is [2H]c1c([2H])c([2H])c(C(C(=O)N(C([2H])([2H])[2H])C([2H])([2H])[2H])(c2c([2H])c([2H])c([2H])c([2H])c2[2H])C([2H])([2H])C([2H])([2H])N2C([2H])([2H])C([2H])([2H])C(O)(c3ccc(Cl)cc3)C([2H])([2H])C2([2H])[2H])c([2H])c1[2H]. The summed E-state index contributed by atoms with van der Waals surface area (Å²) in [6.07, 6.45) is -14.1. The molecule has 178 valence electrons. The van der Waals surface area contributed by atoms with Crippen LogP contribution in [-0.4, -0.2) is 54.3 Å². The summed E-state index contributed by atoms with van der Waals surface area (Å²) in [5, 5.41) is 11.9. The molecule has 1 heterocycles. The fourth-order valence-electron chi connectivity index (χ4n) is 2.92. The first-order chi connectivity index (χ1) is 27.5. The highest BCUT2D eigenvalue weighted by atomic mass is 35.5. The van der Waals surface area contributed by atoms with E-state index in [2.05, 4.69) is 0 Å². The monoisotopic (exact) mass is 504 g/mol. The van der Waals surface area contributed by atoms with E-state index in [0.717, 1.165) is 24.3 Å². The maximum absolute atomic E-state index is 15.5. The summed E-state index contributed by atoms with van der Waals surface area (Å²) in [5.41, 5.74) is -14.1. The van der Waals surface area contributed by atoms with Gasteiger partial charge in [-0.2, -0.15) is 0 Å². The molecule has 0 spiro atoms. The van der Waals surface area contributed by atoms with Gasteiger partial charge in [0.25, 0.3) is 0 Å². The Balaban J connectivity index is 2.47. The normalized spacial score (nSPS) is 35.7. The van der Waals surface area contributed by atoms with Crippen molar-refractivity contribution >= 4 is 17.5 Å². The molecule has 1 amide bonds. The van der Waals surface area contributed by atoms with Crippen LogP contribution in [0.1, 0.15) is 74.2 Å². The lowest BCUT2D eigenvalue weighted by molar-refractivity contribution is -0.133. The molecule has 0 radical (unpaired) electrons. The van der Waals surface area contributed by atoms with Crippen molar-refractivity contribution in [1.82, 2.24) is 9.80 Å². The number of likely N-dealkylation sites (tertiary alicyclic amines) is 1. The van der Waals surface area contributed by atoms with Gasteiger partial charge < -0.3 is 14.9 Å². The second-order valence-electron chi connectivity index (χ2n) is 6.65. The predicted octanol–water partition coefficient (Wildman–Crippen LogP) is 5.09. The number of nitrogens with zero attached hydrogens (tertiary/aromatic N) is 2. The van der Waals surface area contributed by atoms with Crippen LogP contribution in [0.2, 0.25) is 5.02 Å². The molecular weight excluding hydrogens is 444 g/mol. The van der Waals surface area contributed by atoms with Gasteiger partial charge >= 0.3 is 0 Å². The van der Waals surface area contributed by atoms with Gasteiger partial charge in [0.05, 0.1) is 19.3 Å². The molecule has 4 nitrogen and oxygen atoms in total. The largest absolute Gasteiger partial charge is 0.385 e. The van der Waals surface area contributed by atoms with Crippen molar-refractivity contribution in [3.05, 3.63) is 106 Å². The third kappa shape index (κ3) is 4.90. The molecule has 0 saturated carbocycles. The summed E-state index contributed by atoms with van der Waals surface area (Å²) in [5.74, 6) is -2.98. The molecule has 3 aromatic carbocycles. The number of halogens is 1. The standard InChI is InChI=1S/C29H33ClN2O2/c1-31(2)27(33)29(24-9-5-3-6-10-24,25-11-7-4-8-12-25)19-22-32-20-17-28(34,18-21-32)23-13-15-26(30)16-14-23/h3-16,34H,17-22H2,1-2H3/i1D3,2D3,3D,4D,5D,6D,7D,8D,9D,10D,11D,12D,17D2,18D2,19D2,20D2,21D2,22D2. The van der Waals surface area contributed by atoms with Crippen LogP contribution in [0.3, 0.4) is 0 Å². The van der Waals surface area contributed by atoms with E-state index in [9.17, 15) is 10.6 Å². The van der Waals surface area contributed by atoms with E-state index in [-0.39, 0.29) is 5.02 Å². The third-order valence-electron chi connectivity index (χ3n) is 4.59. The van der Waals surface area contributed by atoms with Crippen LogP contribution in [0.25, 0.3) is 0 Å². The molecule has 3 aromatic rings. The Morgan fingerprint density at radius 3 is 2.12 bits per heavy atom. The molecule has 34 heavy (non-hydrogen) atoms. The average Bonchev–Trinajstić information content (AvgIpc) is 3.11. The van der Waals surface area contributed by atoms with Crippen molar-refractivity contribution < 1.29 is 48.3 Å². The highest BCUT2D eigenvalue weighted by Gasteiger charge is 2.43. The van der Waals surface area contributed by atoms with E-state index >= 15 is 4.79 Å². The number of hydrogen-bond acceptors (Lipinski definition) is 3. The van der Waals surface area contributed by atoms with Crippen molar-refractivity contribution in [3.63, 3.8) is 0 Å². The Kier molecular flexibility index (Phi) is 2.25. The van der Waals surface area contributed by atoms with Crippen LogP contribution in [0.5, 0.6) is 0 Å². The minimum atomic E-state index is -5.27. The summed E-state index contributed by atoms with van der Waals surface area (Å²) in [4.78, 5) is 13.1. The number of piperidine rings is 1. The van der Waals surface area contributed by atoms with Crippen LogP contribution in [-0.2, 0) is 15.8 Å². The molecule has 0 aromatic heterocycles. The summed E-state index contributed by atoms with van der Waals surface area (Å²) < 4.78 is 243. The number of hydrogen-bond donors (Lipinski definition) is 1. The van der Waals surface area contributed by atoms with Gasteiger partial charge in [0, 0.05) is 56.6 Å². The Labute approximate surface area is 247 Å². The second kappa shape index (κ2) is 10.3. The maximum Gasteiger partial charge on any atom is 0.237 e. The average molecular weight is 505 g/mol. The predicted molar refractivity (Wildman–Crippen MR) is 138 cm³/mol. The Bertz CT molecular complexity index is 2150. The van der Waals surface area contributed by atoms with E-state index in [1.54, 1.807) is 0 Å². The maximum atomic E-state index is 15.5. The van der Waals surface area contributed by atoms with Gasteiger partial charge in [-0.05, 0) is 54.4 Å². The molecule has 0 bridgehead atoms. The molecule has 1 aliphatic heterocycles. The van der Waals surface area contributed by atoms with Gasteiger partial charge in [0.2, 0.25) is 5.91 Å². The van der Waals surface area contributed by atoms with Crippen molar-refractivity contribution in [2.75, 3.05) is 33.4 Å². The van der Waals surface area contributed by atoms with Gasteiger partial charge in [-0.3, -0.25) is 4.79 Å². The molecule has 4 rings (SSSR count). The fraction of sp³-hybridized carbons (Fsp3) is 0.345. The number of likely N-dealkylation sites (N-methyl/N-ethyl adjacent to an activating group) is 1. The molecule has 0 aliphatic carbocycles. The summed E-state index contributed by atoms with van der Waals surface area (Å²) >= 11 is 5.89. The minimum absolute atomic E-state index is 0.115. The fourth-order valence-corrected chi connectivity index (χ4v) is 3.05. The molecule has 1 fully saturated rings. The number of amides is 1. The first-order valence-electron chi connectivity index (χ1n) is 23.3. The Morgan fingerprint density at radius 1 is 1.09 bits per heavy atom. The minimum Gasteiger partial charge on any atom is -0.385 e. The lowest BCUT2D eigenvalue weighted by Crippen LogP contribution is -2.48. The topological polar surface area (TPSA) is 43.8 Å². The highest BCUT2D eigenvalue weighted by Crippen LogP contribution is 2.39. The van der Waals surface area contributed by atoms with E-state index in [0.29, 0.717) is 0 Å². The summed E-state index contributed by atoms with van der Waals surface area (Å²) in [7, 11) is 0. The lowest BCUT2D eigenvalue weighted by atomic mass is 9.70. The van der Waals surface area contributed by atoms with Crippen molar-refractivity contribution in [3.8, 4) is 0 Å². The highest BCUT2D eigenvalue weighted by molar-refractivity contribution is 6.30. The Morgan fingerprint density at radius 2 is 1.62 bits per heavy atom. The third-order valence-corrected chi connectivity index (χ3v) is 4.84. The van der Waals surface area contributed by atoms with Gasteiger partial charge in [-0.1, -0.05) is 84.2 Å². The number of carbonyl (C=O) groups is 1. The smallest absolute Gasteiger partial charge is 0.237 e. The van der Waals surface area contributed by atoms with Crippen LogP contribution >= 0.6 is 11.6 Å². The molecule has 5 heteroatoms. The lowest BCUT2D eigenvalue weighted by Gasteiger charge is -2.41. The number of aliphatic hydroxyl groups is 1. The van der Waals surface area contributed by atoms with Crippen molar-refractivity contribution in [2.24, 2.45) is 0 Å². The quantitative estimate of drug-likeness (QED) is 0.487. The second-order valence-corrected chi connectivity index (χ2v) is 7.09. The zero-order valence-corrected chi connectivity index (χ0v) is 17.7. The van der Waals surface area contributed by atoms with E-state index in [1.165, 1.54) is 0 Å². The molecule has 0 unspecified atom stereocenters. The van der Waals surface area contributed by atoms with Gasteiger partial charge in [-0.15, -0.1) is 0 Å². The molecule has 1 saturated heterocycles. The van der Waals surface area contributed by atoms with Crippen molar-refractivity contribution in [1.29, 1.82) is 0 Å². The molecule has 1 N–H and O–H groups in total. The molecular formula is C29H33ClN2O2. The zero-order chi connectivity index (χ0) is 48.6. The summed E-state index contributed by atoms with van der Waals surface area (Å²) in [6.45, 7) is -23.3. The number of benzene rings is 3.